The summed E-state index contributed by atoms with van der Waals surface area (Å²) in [6.07, 6.45) is 2.43. The first-order valence-corrected chi connectivity index (χ1v) is 11.7. The molecule has 0 bridgehead atoms. The summed E-state index contributed by atoms with van der Waals surface area (Å²) in [6.45, 7) is 5.50. The van der Waals surface area contributed by atoms with Gasteiger partial charge in [-0.05, 0) is 38.0 Å². The Morgan fingerprint density at radius 1 is 1.20 bits per heavy atom. The van der Waals surface area contributed by atoms with Gasteiger partial charge in [-0.2, -0.15) is 0 Å². The molecule has 0 radical (unpaired) electrons. The average molecular weight is 460 g/mol. The number of nitrogens with one attached hydrogen (secondary N) is 1. The maximum atomic E-state index is 6.51. The molecule has 0 aliphatic heterocycles. The van der Waals surface area contributed by atoms with E-state index in [0.717, 1.165) is 56.0 Å². The number of ether oxygens (including phenoxy) is 2. The van der Waals surface area contributed by atoms with E-state index < -0.39 is 0 Å². The largest absolute Gasteiger partial charge is 0.495 e. The van der Waals surface area contributed by atoms with Crippen LogP contribution in [-0.2, 0) is 6.42 Å². The van der Waals surface area contributed by atoms with Crippen molar-refractivity contribution < 1.29 is 9.47 Å². The summed E-state index contributed by atoms with van der Waals surface area (Å²) >= 11 is 9.85. The number of aryl methyl sites for hydroxylation is 1. The summed E-state index contributed by atoms with van der Waals surface area (Å²) < 4.78 is 12.2. The monoisotopic (exact) mass is 459 g/mol. The third-order valence-corrected chi connectivity index (χ3v) is 7.17. The number of hydrogen-bond acceptors (Lipinski definition) is 7. The van der Waals surface area contributed by atoms with Gasteiger partial charge in [-0.15, -0.1) is 22.7 Å². The van der Waals surface area contributed by atoms with Crippen molar-refractivity contribution in [3.63, 3.8) is 0 Å². The van der Waals surface area contributed by atoms with Crippen molar-refractivity contribution in [2.45, 2.75) is 20.3 Å². The van der Waals surface area contributed by atoms with Crippen molar-refractivity contribution in [3.05, 3.63) is 51.4 Å². The number of hydrogen-bond donors (Lipinski definition) is 1. The van der Waals surface area contributed by atoms with Gasteiger partial charge in [0.2, 0.25) is 0 Å². The molecule has 3 aromatic heterocycles. The van der Waals surface area contributed by atoms with Crippen molar-refractivity contribution >= 4 is 50.2 Å². The number of thiophene rings is 2. The van der Waals surface area contributed by atoms with E-state index in [1.165, 1.54) is 10.4 Å². The third kappa shape index (κ3) is 4.24. The van der Waals surface area contributed by atoms with Gasteiger partial charge in [0, 0.05) is 39.3 Å². The lowest BCUT2D eigenvalue weighted by molar-refractivity contribution is 0.342. The van der Waals surface area contributed by atoms with Crippen LogP contribution in [0.2, 0.25) is 5.02 Å². The molecule has 156 valence electrons. The Bertz CT molecular complexity index is 1170. The van der Waals surface area contributed by atoms with Gasteiger partial charge in [0.25, 0.3) is 0 Å². The second kappa shape index (κ2) is 9.20. The maximum Gasteiger partial charge on any atom is 0.136 e. The molecule has 0 atom stereocenters. The van der Waals surface area contributed by atoms with Gasteiger partial charge in [-0.3, -0.25) is 0 Å². The first kappa shape index (κ1) is 20.9. The van der Waals surface area contributed by atoms with Crippen molar-refractivity contribution in [3.8, 4) is 22.1 Å². The van der Waals surface area contributed by atoms with Crippen LogP contribution < -0.4 is 14.8 Å². The van der Waals surface area contributed by atoms with Gasteiger partial charge in [0.15, 0.2) is 0 Å². The smallest absolute Gasteiger partial charge is 0.136 e. The van der Waals surface area contributed by atoms with Crippen molar-refractivity contribution in [2.24, 2.45) is 0 Å². The molecule has 8 heteroatoms. The van der Waals surface area contributed by atoms with Crippen molar-refractivity contribution in [1.82, 2.24) is 9.97 Å². The van der Waals surface area contributed by atoms with Gasteiger partial charge in [0.1, 0.15) is 23.6 Å². The molecule has 0 aliphatic rings. The number of halogens is 1. The van der Waals surface area contributed by atoms with Crippen molar-refractivity contribution in [1.29, 1.82) is 0 Å². The molecule has 0 saturated carbocycles. The number of aromatic nitrogens is 2. The van der Waals surface area contributed by atoms with E-state index in [1.807, 2.05) is 36.6 Å². The lowest BCUT2D eigenvalue weighted by Crippen LogP contribution is -2.07. The first-order chi connectivity index (χ1) is 14.6. The highest BCUT2D eigenvalue weighted by Crippen LogP contribution is 2.41. The summed E-state index contributed by atoms with van der Waals surface area (Å²) in [5.74, 6) is 2.54. The van der Waals surface area contributed by atoms with E-state index in [2.05, 4.69) is 22.2 Å². The van der Waals surface area contributed by atoms with Gasteiger partial charge in [-0.1, -0.05) is 11.6 Å². The zero-order valence-electron chi connectivity index (χ0n) is 17.0. The second-order valence-corrected chi connectivity index (χ2v) is 9.18. The predicted octanol–water partition coefficient (Wildman–Crippen LogP) is 6.44. The normalized spacial score (nSPS) is 11.1. The standard InChI is InChI=1S/C22H22ClN3O2S2/c1-4-28-14-9-19(29-11-14)17-10-20(26-12-25-17)24-8-7-15-13(2)30-22-18(27-3)6-5-16(23)21(15)22/h5-6,9-12H,4,7-8H2,1-3H3,(H,24,25,26). The zero-order chi connectivity index (χ0) is 21.1. The molecular formula is C22H22ClN3O2S2. The molecule has 1 aromatic carbocycles. The number of methoxy groups -OCH3 is 1. The number of fused-ring (bicyclic) bond motifs is 1. The summed E-state index contributed by atoms with van der Waals surface area (Å²) in [6, 6.07) is 7.80. The van der Waals surface area contributed by atoms with Crippen LogP contribution in [0.15, 0.2) is 36.0 Å². The van der Waals surface area contributed by atoms with Crippen molar-refractivity contribution in [2.75, 3.05) is 25.6 Å². The fraction of sp³-hybridized carbons (Fsp3) is 0.273. The average Bonchev–Trinajstić information content (AvgIpc) is 3.34. The maximum absolute atomic E-state index is 6.51. The van der Waals surface area contributed by atoms with E-state index in [9.17, 15) is 0 Å². The number of anilines is 1. The van der Waals surface area contributed by atoms with E-state index in [4.69, 9.17) is 21.1 Å². The number of rotatable bonds is 8. The topological polar surface area (TPSA) is 56.3 Å². The Morgan fingerprint density at radius 3 is 2.87 bits per heavy atom. The van der Waals surface area contributed by atoms with E-state index in [0.29, 0.717) is 6.61 Å². The van der Waals surface area contributed by atoms with Crippen LogP contribution in [0.3, 0.4) is 0 Å². The molecule has 0 saturated heterocycles. The van der Waals surface area contributed by atoms with Gasteiger partial charge >= 0.3 is 0 Å². The Hall–Kier alpha value is -2.35. The number of nitrogens with zero attached hydrogens (tertiary/aromatic N) is 2. The van der Waals surface area contributed by atoms with Gasteiger partial charge in [-0.25, -0.2) is 9.97 Å². The summed E-state index contributed by atoms with van der Waals surface area (Å²) in [7, 11) is 1.69. The Kier molecular flexibility index (Phi) is 6.41. The quantitative estimate of drug-likeness (QED) is 0.328. The van der Waals surface area contributed by atoms with Gasteiger partial charge < -0.3 is 14.8 Å². The van der Waals surface area contributed by atoms with E-state index >= 15 is 0 Å². The first-order valence-electron chi connectivity index (χ1n) is 9.62. The fourth-order valence-corrected chi connectivity index (χ4v) is 5.72. The van der Waals surface area contributed by atoms with Crippen LogP contribution in [0.25, 0.3) is 20.7 Å². The molecule has 0 amide bonds. The Morgan fingerprint density at radius 2 is 2.07 bits per heavy atom. The fourth-order valence-electron chi connectivity index (χ4n) is 3.37. The highest BCUT2D eigenvalue weighted by Gasteiger charge is 2.16. The second-order valence-electron chi connectivity index (χ2n) is 6.64. The molecule has 0 aliphatic carbocycles. The summed E-state index contributed by atoms with van der Waals surface area (Å²) in [5.41, 5.74) is 2.13. The minimum absolute atomic E-state index is 0.652. The van der Waals surface area contributed by atoms with E-state index in [1.54, 1.807) is 36.1 Å². The lowest BCUT2D eigenvalue weighted by atomic mass is 10.1. The van der Waals surface area contributed by atoms with Crippen LogP contribution in [-0.4, -0.2) is 30.2 Å². The Labute approximate surface area is 188 Å². The molecule has 1 N–H and O–H groups in total. The zero-order valence-corrected chi connectivity index (χ0v) is 19.4. The van der Waals surface area contributed by atoms with Crippen LogP contribution in [0.4, 0.5) is 5.82 Å². The van der Waals surface area contributed by atoms with Crippen LogP contribution >= 0.6 is 34.3 Å². The molecule has 4 rings (SSSR count). The van der Waals surface area contributed by atoms with Crippen LogP contribution in [0.1, 0.15) is 17.4 Å². The van der Waals surface area contributed by atoms with Gasteiger partial charge in [0.05, 0.1) is 29.0 Å². The SMILES string of the molecule is CCOc1csc(-c2cc(NCCc3c(C)sc4c(OC)ccc(Cl)c34)ncn2)c1. The lowest BCUT2D eigenvalue weighted by Gasteiger charge is -2.08. The molecule has 0 unspecified atom stereocenters. The summed E-state index contributed by atoms with van der Waals surface area (Å²) in [4.78, 5) is 11.1. The van der Waals surface area contributed by atoms with Crippen LogP contribution in [0, 0.1) is 6.92 Å². The highest BCUT2D eigenvalue weighted by molar-refractivity contribution is 7.19. The molecular weight excluding hydrogens is 438 g/mol. The molecule has 0 fully saturated rings. The highest BCUT2D eigenvalue weighted by atomic mass is 35.5. The van der Waals surface area contributed by atoms with E-state index in [-0.39, 0.29) is 0 Å². The molecule has 5 nitrogen and oxygen atoms in total. The minimum atomic E-state index is 0.652. The predicted molar refractivity (Wildman–Crippen MR) is 127 cm³/mol. The molecule has 30 heavy (non-hydrogen) atoms. The summed E-state index contributed by atoms with van der Waals surface area (Å²) in [5, 5.41) is 7.26. The Balaban J connectivity index is 1.49. The van der Waals surface area contributed by atoms with Crippen LogP contribution in [0.5, 0.6) is 11.5 Å². The minimum Gasteiger partial charge on any atom is -0.495 e. The molecule has 0 spiro atoms. The third-order valence-electron chi connectivity index (χ3n) is 4.76. The molecule has 4 aromatic rings. The number of benzene rings is 1. The molecule has 3 heterocycles.